The van der Waals surface area contributed by atoms with Crippen molar-refractivity contribution in [1.82, 2.24) is 15.1 Å². The highest BCUT2D eigenvalue weighted by molar-refractivity contribution is 6.01. The second-order valence-corrected chi connectivity index (χ2v) is 10.6. The molecule has 1 aromatic rings. The summed E-state index contributed by atoms with van der Waals surface area (Å²) in [5.74, 6) is 2.46. The van der Waals surface area contributed by atoms with E-state index in [4.69, 9.17) is 4.74 Å². The Hall–Kier alpha value is -2.34. The number of carbonyl (C=O) groups is 2. The third kappa shape index (κ3) is 3.53. The topological polar surface area (TPSA) is 61.9 Å². The van der Waals surface area contributed by atoms with E-state index in [-0.39, 0.29) is 17.9 Å². The van der Waals surface area contributed by atoms with E-state index < -0.39 is 6.04 Å². The summed E-state index contributed by atoms with van der Waals surface area (Å²) >= 11 is 0. The molecule has 1 N–H and O–H groups in total. The normalized spacial score (nSPS) is 34.7. The van der Waals surface area contributed by atoms with Crippen LogP contribution in [0.15, 0.2) is 30.5 Å². The summed E-state index contributed by atoms with van der Waals surface area (Å²) in [6.45, 7) is 6.79. The lowest BCUT2D eigenvalue weighted by Gasteiger charge is -2.38. The maximum Gasteiger partial charge on any atom is 0.255 e. The Morgan fingerprint density at radius 1 is 1.03 bits per heavy atom. The zero-order valence-corrected chi connectivity index (χ0v) is 18.7. The first kappa shape index (κ1) is 20.3. The maximum absolute atomic E-state index is 13.0. The van der Waals surface area contributed by atoms with Gasteiger partial charge in [0.25, 0.3) is 5.91 Å². The average Bonchev–Trinajstić information content (AvgIpc) is 3.46. The molecule has 2 aliphatic carbocycles. The number of nitrogens with one attached hydrogen (secondary N) is 1. The Labute approximate surface area is 190 Å². The van der Waals surface area contributed by atoms with Crippen molar-refractivity contribution in [3.05, 3.63) is 41.6 Å². The lowest BCUT2D eigenvalue weighted by Crippen LogP contribution is -2.49. The highest BCUT2D eigenvalue weighted by Crippen LogP contribution is 2.40. The van der Waals surface area contributed by atoms with Gasteiger partial charge in [-0.2, -0.15) is 0 Å². The molecule has 6 heteroatoms. The molecule has 6 nitrogen and oxygen atoms in total. The molecule has 0 spiro atoms. The van der Waals surface area contributed by atoms with Crippen LogP contribution in [0.3, 0.4) is 0 Å². The molecule has 6 rings (SSSR count). The predicted octanol–water partition coefficient (Wildman–Crippen LogP) is 3.47. The van der Waals surface area contributed by atoms with Crippen molar-refractivity contribution in [3.63, 3.8) is 0 Å². The van der Waals surface area contributed by atoms with Crippen LogP contribution >= 0.6 is 0 Å². The fourth-order valence-corrected chi connectivity index (χ4v) is 6.86. The van der Waals surface area contributed by atoms with Crippen molar-refractivity contribution in [2.45, 2.75) is 76.1 Å². The second-order valence-electron chi connectivity index (χ2n) is 10.6. The van der Waals surface area contributed by atoms with Crippen LogP contribution < -0.4 is 10.1 Å². The van der Waals surface area contributed by atoms with Gasteiger partial charge < -0.3 is 15.0 Å². The van der Waals surface area contributed by atoms with Crippen molar-refractivity contribution >= 4 is 11.8 Å². The molecule has 3 unspecified atom stereocenters. The summed E-state index contributed by atoms with van der Waals surface area (Å²) in [6.07, 6.45) is 9.37. The van der Waals surface area contributed by atoms with Gasteiger partial charge in [0, 0.05) is 36.9 Å². The number of benzene rings is 1. The number of hydrogen-bond acceptors (Lipinski definition) is 4. The first-order chi connectivity index (χ1) is 15.5. The van der Waals surface area contributed by atoms with E-state index in [1.54, 1.807) is 4.90 Å². The van der Waals surface area contributed by atoms with Gasteiger partial charge in [-0.25, -0.2) is 0 Å². The Morgan fingerprint density at radius 2 is 1.84 bits per heavy atom. The van der Waals surface area contributed by atoms with Crippen LogP contribution in [-0.4, -0.2) is 52.9 Å². The number of piperidine rings is 2. The highest BCUT2D eigenvalue weighted by atomic mass is 16.5. The minimum atomic E-state index is -0.418. The molecular formula is C26H33N3O3. The van der Waals surface area contributed by atoms with Gasteiger partial charge in [-0.1, -0.05) is 6.58 Å². The number of rotatable bonds is 4. The van der Waals surface area contributed by atoms with Gasteiger partial charge in [-0.3, -0.25) is 14.5 Å². The van der Waals surface area contributed by atoms with Gasteiger partial charge in [0.15, 0.2) is 0 Å². The molecule has 3 aliphatic heterocycles. The first-order valence-electron chi connectivity index (χ1n) is 12.4. The first-order valence-corrected chi connectivity index (χ1v) is 12.4. The molecule has 3 heterocycles. The lowest BCUT2D eigenvalue weighted by molar-refractivity contribution is -0.126. The Morgan fingerprint density at radius 3 is 2.62 bits per heavy atom. The number of fused-ring (bicyclic) bond motifs is 3. The number of carbonyl (C=O) groups excluding carboxylic acids is 2. The minimum Gasteiger partial charge on any atom is -0.489 e. The molecule has 0 radical (unpaired) electrons. The molecule has 5 aliphatic rings. The smallest absolute Gasteiger partial charge is 0.255 e. The quantitative estimate of drug-likeness (QED) is 0.787. The van der Waals surface area contributed by atoms with Gasteiger partial charge in [0.05, 0.1) is 0 Å². The summed E-state index contributed by atoms with van der Waals surface area (Å²) in [5, 5.41) is 2.80. The number of amides is 2. The highest BCUT2D eigenvalue weighted by Gasteiger charge is 2.41. The van der Waals surface area contributed by atoms with E-state index >= 15 is 0 Å². The van der Waals surface area contributed by atoms with Gasteiger partial charge in [0.2, 0.25) is 5.91 Å². The molecule has 2 saturated carbocycles. The third-order valence-corrected chi connectivity index (χ3v) is 8.42. The van der Waals surface area contributed by atoms with Crippen LogP contribution in [0.25, 0.3) is 0 Å². The zero-order valence-electron chi connectivity index (χ0n) is 18.7. The molecule has 2 saturated heterocycles. The van der Waals surface area contributed by atoms with E-state index in [2.05, 4.69) is 16.8 Å². The van der Waals surface area contributed by atoms with Crippen LogP contribution in [0.2, 0.25) is 0 Å². The molecule has 2 bridgehead atoms. The Balaban J connectivity index is 1.15. The standard InChI is InChI=1S/C26H33N3O3/c1-16-5-10-23(25(30)27-16)29-15-19-12-20(8-9-21(19)26(29)31)32-24-4-2-3-22(24)28-13-17-6-7-18(11-17)14-28/h8-9,12,17-18,22-24H,1-7,10-11,13-15H2,(H,27,30)/t17?,18?,22-,23?,24-/m0/s1. The van der Waals surface area contributed by atoms with Gasteiger partial charge in [-0.15, -0.1) is 0 Å². The summed E-state index contributed by atoms with van der Waals surface area (Å²) in [5.41, 5.74) is 2.40. The monoisotopic (exact) mass is 435 g/mol. The van der Waals surface area contributed by atoms with Crippen molar-refractivity contribution in [2.75, 3.05) is 13.1 Å². The zero-order chi connectivity index (χ0) is 21.8. The SMILES string of the molecule is C=C1CCC(N2Cc3cc(O[C@H]4CCC[C@@H]4N4CC5CCC(C5)C4)ccc3C2=O)C(=O)N1. The number of allylic oxidation sites excluding steroid dienone is 1. The third-order valence-electron chi connectivity index (χ3n) is 8.42. The molecule has 2 amide bonds. The average molecular weight is 436 g/mol. The molecule has 170 valence electrons. The van der Waals surface area contributed by atoms with Crippen LogP contribution in [0.1, 0.15) is 67.3 Å². The fourth-order valence-electron chi connectivity index (χ4n) is 6.86. The maximum atomic E-state index is 13.0. The molecule has 0 aromatic heterocycles. The molecular weight excluding hydrogens is 402 g/mol. The van der Waals surface area contributed by atoms with E-state index in [0.29, 0.717) is 31.0 Å². The summed E-state index contributed by atoms with van der Waals surface area (Å²) < 4.78 is 6.55. The summed E-state index contributed by atoms with van der Waals surface area (Å²) in [6, 6.07) is 5.96. The molecule has 1 aromatic carbocycles. The predicted molar refractivity (Wildman–Crippen MR) is 121 cm³/mol. The van der Waals surface area contributed by atoms with E-state index in [9.17, 15) is 9.59 Å². The van der Waals surface area contributed by atoms with Gasteiger partial charge in [-0.05, 0) is 87.0 Å². The second kappa shape index (κ2) is 7.91. The Kier molecular flexibility index (Phi) is 5.01. The molecule has 32 heavy (non-hydrogen) atoms. The van der Waals surface area contributed by atoms with E-state index in [0.717, 1.165) is 35.3 Å². The van der Waals surface area contributed by atoms with Crippen LogP contribution in [-0.2, 0) is 11.3 Å². The van der Waals surface area contributed by atoms with Crippen molar-refractivity contribution in [3.8, 4) is 5.75 Å². The fraction of sp³-hybridized carbons (Fsp3) is 0.615. The number of ether oxygens (including phenoxy) is 1. The largest absolute Gasteiger partial charge is 0.489 e. The number of likely N-dealkylation sites (tertiary alicyclic amines) is 1. The van der Waals surface area contributed by atoms with Crippen LogP contribution in [0, 0.1) is 11.8 Å². The summed E-state index contributed by atoms with van der Waals surface area (Å²) in [4.78, 5) is 29.8. The van der Waals surface area contributed by atoms with Crippen LogP contribution in [0.4, 0.5) is 0 Å². The number of hydrogen-bond donors (Lipinski definition) is 1. The van der Waals surface area contributed by atoms with Crippen molar-refractivity contribution < 1.29 is 14.3 Å². The summed E-state index contributed by atoms with van der Waals surface area (Å²) in [7, 11) is 0. The van der Waals surface area contributed by atoms with Gasteiger partial charge in [0.1, 0.15) is 17.9 Å². The van der Waals surface area contributed by atoms with Crippen molar-refractivity contribution in [2.24, 2.45) is 11.8 Å². The molecule has 4 fully saturated rings. The van der Waals surface area contributed by atoms with E-state index in [1.165, 1.54) is 45.2 Å². The van der Waals surface area contributed by atoms with Gasteiger partial charge >= 0.3 is 0 Å². The minimum absolute atomic E-state index is 0.0539. The lowest BCUT2D eigenvalue weighted by atomic mass is 9.96. The van der Waals surface area contributed by atoms with E-state index in [1.807, 2.05) is 18.2 Å². The Bertz CT molecular complexity index is 948. The van der Waals surface area contributed by atoms with Crippen LogP contribution in [0.5, 0.6) is 5.75 Å². The number of nitrogens with zero attached hydrogens (tertiary/aromatic N) is 2. The van der Waals surface area contributed by atoms with Crippen molar-refractivity contribution in [1.29, 1.82) is 0 Å². The molecule has 5 atom stereocenters.